The molecule has 0 bridgehead atoms. The van der Waals surface area contributed by atoms with Gasteiger partial charge in [0.15, 0.2) is 0 Å². The molecule has 5 nitrogen and oxygen atoms in total. The molecule has 0 radical (unpaired) electrons. The highest BCUT2D eigenvalue weighted by Crippen LogP contribution is 2.58. The predicted octanol–water partition coefficient (Wildman–Crippen LogP) is 3.24. The van der Waals surface area contributed by atoms with Crippen LogP contribution < -0.4 is 10.6 Å². The second kappa shape index (κ2) is 6.22. The minimum absolute atomic E-state index is 0.402. The largest absolute Gasteiger partial charge is 0.399 e. The smallest absolute Gasteiger partial charge is 0.125 e. The molecule has 1 aromatic carbocycles. The molecule has 0 spiro atoms. The number of anilines is 2. The summed E-state index contributed by atoms with van der Waals surface area (Å²) in [5.74, 6) is 0.803. The number of ether oxygens (including phenoxy) is 1. The van der Waals surface area contributed by atoms with E-state index in [1.807, 2.05) is 18.3 Å². The first-order valence-corrected chi connectivity index (χ1v) is 10.4. The van der Waals surface area contributed by atoms with Crippen molar-refractivity contribution in [3.8, 4) is 10.4 Å². The first-order valence-electron chi connectivity index (χ1n) is 9.57. The molecule has 2 aliphatic carbocycles. The van der Waals surface area contributed by atoms with E-state index in [0.29, 0.717) is 11.8 Å². The number of nitrogens with zero attached hydrogens (tertiary/aromatic N) is 2. The molecule has 3 fully saturated rings. The van der Waals surface area contributed by atoms with Gasteiger partial charge in [-0.05, 0) is 61.3 Å². The molecule has 2 saturated carbocycles. The van der Waals surface area contributed by atoms with Crippen molar-refractivity contribution in [2.24, 2.45) is 11.8 Å². The molecular weight excluding hydrogens is 346 g/mol. The summed E-state index contributed by atoms with van der Waals surface area (Å²) in [4.78, 5) is 8.05. The maximum atomic E-state index is 11.3. The van der Waals surface area contributed by atoms with Gasteiger partial charge < -0.3 is 20.5 Å². The average Bonchev–Trinajstić information content (AvgIpc) is 3.58. The average molecular weight is 372 g/mol. The molecule has 6 heteroatoms. The van der Waals surface area contributed by atoms with Gasteiger partial charge in [-0.1, -0.05) is 0 Å². The number of morpholine rings is 1. The Bertz CT molecular complexity index is 795. The third kappa shape index (κ3) is 2.90. The van der Waals surface area contributed by atoms with Gasteiger partial charge in [-0.25, -0.2) is 4.98 Å². The van der Waals surface area contributed by atoms with Crippen LogP contribution >= 0.6 is 11.3 Å². The molecule has 1 saturated heterocycles. The van der Waals surface area contributed by atoms with Crippen LogP contribution in [-0.4, -0.2) is 36.4 Å². The number of aromatic nitrogens is 1. The van der Waals surface area contributed by atoms with E-state index in [2.05, 4.69) is 16.0 Å². The quantitative estimate of drug-likeness (QED) is 0.790. The molecule has 0 atom stereocenters. The number of nitrogen functional groups attached to an aromatic ring is 1. The fraction of sp³-hybridized carbons (Fsp3) is 0.550. The number of nitrogens with two attached hydrogens (primary N) is 1. The zero-order valence-corrected chi connectivity index (χ0v) is 15.7. The minimum Gasteiger partial charge on any atom is -0.399 e. The van der Waals surface area contributed by atoms with Gasteiger partial charge in [-0.2, -0.15) is 0 Å². The molecule has 1 aliphatic heterocycles. The highest BCUT2D eigenvalue weighted by Gasteiger charge is 2.56. The molecule has 138 valence electrons. The van der Waals surface area contributed by atoms with Gasteiger partial charge >= 0.3 is 0 Å². The zero-order chi connectivity index (χ0) is 17.7. The van der Waals surface area contributed by atoms with E-state index in [1.54, 1.807) is 11.3 Å². The fourth-order valence-corrected chi connectivity index (χ4v) is 5.25. The summed E-state index contributed by atoms with van der Waals surface area (Å²) in [6.45, 7) is 3.29. The van der Waals surface area contributed by atoms with E-state index >= 15 is 0 Å². The number of aliphatic hydroxyl groups is 1. The Kier molecular flexibility index (Phi) is 3.95. The maximum absolute atomic E-state index is 11.3. The number of hydrogen-bond acceptors (Lipinski definition) is 6. The number of rotatable bonds is 5. The van der Waals surface area contributed by atoms with Gasteiger partial charge in [-0.15, -0.1) is 11.3 Å². The third-order valence-electron chi connectivity index (χ3n) is 5.85. The van der Waals surface area contributed by atoms with Crippen LogP contribution in [0.3, 0.4) is 0 Å². The molecule has 1 aromatic heterocycles. The van der Waals surface area contributed by atoms with Crippen molar-refractivity contribution >= 4 is 22.7 Å². The zero-order valence-electron chi connectivity index (χ0n) is 14.9. The lowest BCUT2D eigenvalue weighted by Gasteiger charge is -2.29. The van der Waals surface area contributed by atoms with Crippen molar-refractivity contribution in [3.63, 3.8) is 0 Å². The standard InChI is InChI=1S/C20H25N3O2S/c21-16-9-13(10-17(11-16)23-5-7-25-8-6-23)18-12-22-19(26-18)20(24,14-1-2-14)15-3-4-15/h9-12,14-15,24H,1-8,21H2. The Labute approximate surface area is 157 Å². The van der Waals surface area contributed by atoms with E-state index in [-0.39, 0.29) is 0 Å². The molecule has 3 aliphatic rings. The summed E-state index contributed by atoms with van der Waals surface area (Å²) >= 11 is 1.63. The normalized spacial score (nSPS) is 21.2. The van der Waals surface area contributed by atoms with Crippen molar-refractivity contribution in [1.82, 2.24) is 4.98 Å². The first kappa shape index (κ1) is 16.5. The lowest BCUT2D eigenvalue weighted by Crippen LogP contribution is -2.36. The van der Waals surface area contributed by atoms with E-state index in [1.165, 1.54) is 0 Å². The lowest BCUT2D eigenvalue weighted by atomic mass is 9.93. The lowest BCUT2D eigenvalue weighted by molar-refractivity contribution is -0.0104. The summed E-state index contributed by atoms with van der Waals surface area (Å²) < 4.78 is 5.46. The minimum atomic E-state index is -0.698. The molecular formula is C20H25N3O2S. The number of thiazole rings is 1. The Morgan fingerprint density at radius 3 is 2.46 bits per heavy atom. The molecule has 2 aromatic rings. The second-order valence-corrected chi connectivity index (χ2v) is 8.85. The molecule has 5 rings (SSSR count). The van der Waals surface area contributed by atoms with Gasteiger partial charge in [-0.3, -0.25) is 0 Å². The van der Waals surface area contributed by atoms with Gasteiger partial charge in [0, 0.05) is 30.7 Å². The summed E-state index contributed by atoms with van der Waals surface area (Å²) in [6.07, 6.45) is 6.42. The van der Waals surface area contributed by atoms with Crippen molar-refractivity contribution < 1.29 is 9.84 Å². The third-order valence-corrected chi connectivity index (χ3v) is 7.04. The predicted molar refractivity (Wildman–Crippen MR) is 104 cm³/mol. The van der Waals surface area contributed by atoms with Crippen molar-refractivity contribution in [2.45, 2.75) is 31.3 Å². The van der Waals surface area contributed by atoms with Crippen LogP contribution in [0.4, 0.5) is 11.4 Å². The van der Waals surface area contributed by atoms with Crippen LogP contribution in [0.25, 0.3) is 10.4 Å². The molecule has 0 unspecified atom stereocenters. The summed E-state index contributed by atoms with van der Waals surface area (Å²) in [6, 6.07) is 6.22. The summed E-state index contributed by atoms with van der Waals surface area (Å²) in [5.41, 5.74) is 8.48. The van der Waals surface area contributed by atoms with Crippen molar-refractivity contribution in [2.75, 3.05) is 36.9 Å². The molecule has 3 N–H and O–H groups in total. The summed E-state index contributed by atoms with van der Waals surface area (Å²) in [7, 11) is 0. The molecule has 0 amide bonds. The van der Waals surface area contributed by atoms with Gasteiger partial charge in [0.1, 0.15) is 10.6 Å². The van der Waals surface area contributed by atoms with E-state index in [0.717, 1.165) is 78.8 Å². The summed E-state index contributed by atoms with van der Waals surface area (Å²) in [5, 5.41) is 12.2. The number of benzene rings is 1. The van der Waals surface area contributed by atoms with Crippen LogP contribution in [0.15, 0.2) is 24.4 Å². The SMILES string of the molecule is Nc1cc(-c2cnc(C(O)(C3CC3)C3CC3)s2)cc(N2CCOCC2)c1. The Hall–Kier alpha value is -1.63. The second-order valence-electron chi connectivity index (χ2n) is 7.82. The maximum Gasteiger partial charge on any atom is 0.125 e. The monoisotopic (exact) mass is 371 g/mol. The van der Waals surface area contributed by atoms with Crippen LogP contribution in [0.2, 0.25) is 0 Å². The Balaban J connectivity index is 1.47. The van der Waals surface area contributed by atoms with Gasteiger partial charge in [0.25, 0.3) is 0 Å². The van der Waals surface area contributed by atoms with Gasteiger partial charge in [0.05, 0.1) is 18.1 Å². The molecule has 2 heterocycles. The van der Waals surface area contributed by atoms with Crippen LogP contribution in [0.1, 0.15) is 30.7 Å². The fourth-order valence-electron chi connectivity index (χ4n) is 4.10. The van der Waals surface area contributed by atoms with E-state index < -0.39 is 5.60 Å². The van der Waals surface area contributed by atoms with Crippen molar-refractivity contribution in [3.05, 3.63) is 29.4 Å². The highest BCUT2D eigenvalue weighted by atomic mass is 32.1. The van der Waals surface area contributed by atoms with Crippen LogP contribution in [-0.2, 0) is 10.3 Å². The topological polar surface area (TPSA) is 71.6 Å². The number of hydrogen-bond donors (Lipinski definition) is 2. The molecule has 26 heavy (non-hydrogen) atoms. The van der Waals surface area contributed by atoms with Gasteiger partial charge in [0.2, 0.25) is 0 Å². The first-order chi connectivity index (χ1) is 12.6. The van der Waals surface area contributed by atoms with Crippen LogP contribution in [0.5, 0.6) is 0 Å². The van der Waals surface area contributed by atoms with E-state index in [4.69, 9.17) is 10.5 Å². The van der Waals surface area contributed by atoms with Crippen LogP contribution in [0, 0.1) is 11.8 Å². The van der Waals surface area contributed by atoms with Crippen molar-refractivity contribution in [1.29, 1.82) is 0 Å². The Morgan fingerprint density at radius 1 is 1.12 bits per heavy atom. The Morgan fingerprint density at radius 2 is 1.81 bits per heavy atom. The van der Waals surface area contributed by atoms with E-state index in [9.17, 15) is 5.11 Å². The highest BCUT2D eigenvalue weighted by molar-refractivity contribution is 7.15.